The molecule has 0 bridgehead atoms. The number of nitrogens with zero attached hydrogens (tertiary/aromatic N) is 1. The van der Waals surface area contributed by atoms with Gasteiger partial charge in [-0.1, -0.05) is 37.0 Å². The van der Waals surface area contributed by atoms with Crippen molar-refractivity contribution in [3.05, 3.63) is 39.3 Å². The lowest BCUT2D eigenvalue weighted by atomic mass is 9.72. The van der Waals surface area contributed by atoms with Crippen LogP contribution in [-0.2, 0) is 4.79 Å². The Morgan fingerprint density at radius 3 is 2.36 bits per heavy atom. The van der Waals surface area contributed by atoms with Crippen molar-refractivity contribution in [2.24, 2.45) is 17.6 Å². The molecule has 1 fully saturated rings. The van der Waals surface area contributed by atoms with Gasteiger partial charge in [-0.3, -0.25) is 14.6 Å². The van der Waals surface area contributed by atoms with Gasteiger partial charge in [0.05, 0.1) is 33.1 Å². The van der Waals surface area contributed by atoms with Gasteiger partial charge in [-0.25, -0.2) is 0 Å². The van der Waals surface area contributed by atoms with Gasteiger partial charge < -0.3 is 16.2 Å². The minimum atomic E-state index is -0.754. The molecule has 2 aliphatic rings. The molecule has 28 heavy (non-hydrogen) atoms. The van der Waals surface area contributed by atoms with Gasteiger partial charge in [0.25, 0.3) is 0 Å². The highest BCUT2D eigenvalue weighted by Crippen LogP contribution is 2.43. The zero-order chi connectivity index (χ0) is 20.6. The van der Waals surface area contributed by atoms with Gasteiger partial charge >= 0.3 is 5.97 Å². The Kier molecular flexibility index (Phi) is 6.03. The molecule has 4 N–H and O–H groups in total. The monoisotopic (exact) mass is 425 g/mol. The number of aliphatic carboxylic acids is 1. The second-order valence-corrected chi connectivity index (χ2v) is 8.86. The van der Waals surface area contributed by atoms with Crippen LogP contribution in [0.1, 0.15) is 56.3 Å². The van der Waals surface area contributed by atoms with E-state index < -0.39 is 11.5 Å². The van der Waals surface area contributed by atoms with Crippen LogP contribution in [0.25, 0.3) is 0 Å². The number of allylic oxidation sites excluding steroid dienone is 1. The number of ketones is 1. The van der Waals surface area contributed by atoms with Crippen molar-refractivity contribution in [2.75, 3.05) is 0 Å². The zero-order valence-corrected chi connectivity index (χ0v) is 17.5. The lowest BCUT2D eigenvalue weighted by Gasteiger charge is -2.41. The van der Waals surface area contributed by atoms with Crippen molar-refractivity contribution >= 4 is 35.0 Å². The van der Waals surface area contributed by atoms with E-state index in [0.717, 1.165) is 11.3 Å². The van der Waals surface area contributed by atoms with Crippen molar-refractivity contribution < 1.29 is 14.7 Å². The van der Waals surface area contributed by atoms with Gasteiger partial charge in [-0.2, -0.15) is 0 Å². The maximum atomic E-state index is 13.0. The number of nitrogens with two attached hydrogens (primary N) is 1. The lowest BCUT2D eigenvalue weighted by Crippen LogP contribution is -2.56. The molecule has 1 aromatic rings. The maximum absolute atomic E-state index is 13.0. The van der Waals surface area contributed by atoms with Crippen molar-refractivity contribution in [2.45, 2.75) is 57.5 Å². The van der Waals surface area contributed by atoms with Crippen LogP contribution in [0.15, 0.2) is 23.7 Å². The first kappa shape index (κ1) is 21.1. The highest BCUT2D eigenvalue weighted by Gasteiger charge is 2.48. The number of nitrogens with one attached hydrogen (secondary N) is 1. The van der Waals surface area contributed by atoms with Crippen LogP contribution in [0.3, 0.4) is 0 Å². The lowest BCUT2D eigenvalue weighted by molar-refractivity contribution is -0.143. The minimum absolute atomic E-state index is 0.120. The second-order valence-electron chi connectivity index (χ2n) is 8.04. The van der Waals surface area contributed by atoms with E-state index in [1.807, 2.05) is 13.8 Å². The Balaban J connectivity index is 1.86. The normalized spacial score (nSPS) is 27.4. The first-order valence-corrected chi connectivity index (χ1v) is 10.2. The van der Waals surface area contributed by atoms with Crippen molar-refractivity contribution in [1.82, 2.24) is 10.3 Å². The van der Waals surface area contributed by atoms with Crippen LogP contribution in [0, 0.1) is 11.8 Å². The van der Waals surface area contributed by atoms with E-state index in [0.29, 0.717) is 25.7 Å². The second kappa shape index (κ2) is 8.01. The summed E-state index contributed by atoms with van der Waals surface area (Å²) in [5, 5.41) is 13.3. The van der Waals surface area contributed by atoms with E-state index in [9.17, 15) is 14.7 Å². The molecule has 1 aromatic heterocycles. The Morgan fingerprint density at radius 2 is 1.86 bits per heavy atom. The van der Waals surface area contributed by atoms with Gasteiger partial charge in [0.1, 0.15) is 0 Å². The third kappa shape index (κ3) is 3.78. The summed E-state index contributed by atoms with van der Waals surface area (Å²) in [5.41, 5.74) is 8.34. The molecule has 1 saturated carbocycles. The summed E-state index contributed by atoms with van der Waals surface area (Å²) in [6, 6.07) is -0.358. The third-order valence-electron chi connectivity index (χ3n) is 5.99. The molecule has 1 aliphatic carbocycles. The zero-order valence-electron chi connectivity index (χ0n) is 16.0. The predicted molar refractivity (Wildman–Crippen MR) is 109 cm³/mol. The van der Waals surface area contributed by atoms with Crippen LogP contribution >= 0.6 is 23.2 Å². The molecule has 3 rings (SSSR count). The number of Topliss-reactive ketones (excluding diaryl/α,β-unsaturated/α-hetero) is 1. The molecular formula is C20H25Cl2N3O3. The van der Waals surface area contributed by atoms with Crippen LogP contribution in [-0.4, -0.2) is 33.4 Å². The molecule has 1 atom stereocenters. The number of carbonyl (C=O) groups excluding carboxylic acids is 1. The molecule has 152 valence electrons. The van der Waals surface area contributed by atoms with Crippen LogP contribution in [0.4, 0.5) is 0 Å². The molecule has 0 radical (unpaired) electrons. The summed E-state index contributed by atoms with van der Waals surface area (Å²) in [6.07, 6.45) is 5.40. The SMILES string of the molecule is CC(C)C1=C(CC(=O)c2c(Cl)cncc2Cl)[C@H](N)C2(CCC(C(=O)O)CC2)N1. The van der Waals surface area contributed by atoms with E-state index in [-0.39, 0.29) is 45.7 Å². The molecule has 1 aliphatic heterocycles. The van der Waals surface area contributed by atoms with E-state index >= 15 is 0 Å². The van der Waals surface area contributed by atoms with Gasteiger partial charge in [-0.05, 0) is 37.2 Å². The first-order valence-electron chi connectivity index (χ1n) is 9.48. The minimum Gasteiger partial charge on any atom is -0.481 e. The summed E-state index contributed by atoms with van der Waals surface area (Å²) < 4.78 is 0. The summed E-state index contributed by atoms with van der Waals surface area (Å²) in [7, 11) is 0. The highest BCUT2D eigenvalue weighted by molar-refractivity contribution is 6.39. The number of pyridine rings is 1. The van der Waals surface area contributed by atoms with Crippen LogP contribution in [0.5, 0.6) is 0 Å². The number of carboxylic acids is 1. The van der Waals surface area contributed by atoms with Crippen molar-refractivity contribution in [3.8, 4) is 0 Å². The molecule has 2 heterocycles. The van der Waals surface area contributed by atoms with Gasteiger partial charge in [0.2, 0.25) is 0 Å². The number of halogens is 2. The number of rotatable bonds is 5. The van der Waals surface area contributed by atoms with E-state index in [1.165, 1.54) is 12.4 Å². The Labute approximate surface area is 174 Å². The van der Waals surface area contributed by atoms with Crippen LogP contribution < -0.4 is 11.1 Å². The van der Waals surface area contributed by atoms with Gasteiger partial charge in [0.15, 0.2) is 5.78 Å². The number of carboxylic acid groups (broad SMARTS) is 1. The summed E-state index contributed by atoms with van der Waals surface area (Å²) >= 11 is 12.3. The fraction of sp³-hybridized carbons (Fsp3) is 0.550. The Bertz CT molecular complexity index is 810. The van der Waals surface area contributed by atoms with Crippen molar-refractivity contribution in [1.29, 1.82) is 0 Å². The number of hydrogen-bond donors (Lipinski definition) is 3. The topological polar surface area (TPSA) is 105 Å². The average Bonchev–Trinajstić information content (AvgIpc) is 2.88. The predicted octanol–water partition coefficient (Wildman–Crippen LogP) is 3.82. The Hall–Kier alpha value is -1.63. The number of hydrogen-bond acceptors (Lipinski definition) is 5. The molecule has 0 amide bonds. The molecule has 6 nitrogen and oxygen atoms in total. The maximum Gasteiger partial charge on any atom is 0.306 e. The van der Waals surface area contributed by atoms with E-state index in [2.05, 4.69) is 10.3 Å². The largest absolute Gasteiger partial charge is 0.481 e. The molecule has 0 unspecified atom stereocenters. The molecule has 1 spiro atoms. The molecular weight excluding hydrogens is 401 g/mol. The standard InChI is InChI=1S/C20H25Cl2N3O3/c1-10(2)17-12(7-15(26)16-13(21)8-24-9-14(16)22)18(23)20(25-17)5-3-11(4-6-20)19(27)28/h8-11,18,25H,3-7,23H2,1-2H3,(H,27,28)/t11?,18-,20?/m0/s1. The smallest absolute Gasteiger partial charge is 0.306 e. The highest BCUT2D eigenvalue weighted by atomic mass is 35.5. The van der Waals surface area contributed by atoms with E-state index in [1.54, 1.807) is 0 Å². The quantitative estimate of drug-likeness (QED) is 0.619. The number of aromatic nitrogens is 1. The van der Waals surface area contributed by atoms with Gasteiger partial charge in [0, 0.05) is 24.5 Å². The Morgan fingerprint density at radius 1 is 1.29 bits per heavy atom. The summed E-state index contributed by atoms with van der Waals surface area (Å²) in [4.78, 5) is 28.2. The molecule has 0 saturated heterocycles. The molecule has 0 aromatic carbocycles. The van der Waals surface area contributed by atoms with Gasteiger partial charge in [-0.15, -0.1) is 0 Å². The fourth-order valence-corrected chi connectivity index (χ4v) is 4.98. The van der Waals surface area contributed by atoms with E-state index in [4.69, 9.17) is 28.9 Å². The first-order chi connectivity index (χ1) is 13.2. The van der Waals surface area contributed by atoms with Crippen LogP contribution in [0.2, 0.25) is 10.0 Å². The summed E-state index contributed by atoms with van der Waals surface area (Å²) in [6.45, 7) is 4.10. The van der Waals surface area contributed by atoms with Crippen molar-refractivity contribution in [3.63, 3.8) is 0 Å². The fourth-order valence-electron chi connectivity index (χ4n) is 4.40. The molecule has 8 heteroatoms. The average molecular weight is 426 g/mol. The summed E-state index contributed by atoms with van der Waals surface area (Å²) in [5.74, 6) is -1.12. The number of carbonyl (C=O) groups is 2. The third-order valence-corrected chi connectivity index (χ3v) is 6.56.